The molecule has 0 spiro atoms. The van der Waals surface area contributed by atoms with Gasteiger partial charge in [-0.1, -0.05) is 24.3 Å². The Bertz CT molecular complexity index is 331. The van der Waals surface area contributed by atoms with Crippen molar-refractivity contribution in [3.63, 3.8) is 0 Å². The van der Waals surface area contributed by atoms with Gasteiger partial charge in [-0.15, -0.1) is 0 Å². The van der Waals surface area contributed by atoms with Crippen molar-refractivity contribution in [3.8, 4) is 0 Å². The smallest absolute Gasteiger partial charge is 0.0842 e. The summed E-state index contributed by atoms with van der Waals surface area (Å²) in [5, 5.41) is 19.6. The average Bonchev–Trinajstić information content (AvgIpc) is 3.04. The number of benzene rings is 1. The molecule has 1 aromatic rings. The molecule has 0 aliphatic heterocycles. The van der Waals surface area contributed by atoms with Crippen LogP contribution < -0.4 is 0 Å². The maximum atomic E-state index is 9.86. The molecule has 0 aromatic heterocycles. The Labute approximate surface area is 90.6 Å². The largest absolute Gasteiger partial charge is 0.390 e. The van der Waals surface area contributed by atoms with E-state index in [1.54, 1.807) is 0 Å². The second kappa shape index (κ2) is 4.33. The van der Waals surface area contributed by atoms with Crippen molar-refractivity contribution < 1.29 is 10.2 Å². The average molecular weight is 206 g/mol. The van der Waals surface area contributed by atoms with E-state index in [1.165, 1.54) is 5.56 Å². The van der Waals surface area contributed by atoms with Gasteiger partial charge in [0.2, 0.25) is 0 Å². The van der Waals surface area contributed by atoms with Gasteiger partial charge in [0.25, 0.3) is 0 Å². The summed E-state index contributed by atoms with van der Waals surface area (Å²) in [5.41, 5.74) is 2.31. The Hall–Kier alpha value is -0.860. The molecule has 2 heteroatoms. The number of aryl methyl sites for hydroxylation is 1. The van der Waals surface area contributed by atoms with E-state index in [0.717, 1.165) is 18.4 Å². The van der Waals surface area contributed by atoms with Crippen LogP contribution in [0.3, 0.4) is 0 Å². The quantitative estimate of drug-likeness (QED) is 0.786. The summed E-state index contributed by atoms with van der Waals surface area (Å²) in [5.74, 6) is 0.337. The third-order valence-corrected chi connectivity index (χ3v) is 3.19. The zero-order valence-electron chi connectivity index (χ0n) is 9.06. The second-order valence-electron chi connectivity index (χ2n) is 4.53. The Kier molecular flexibility index (Phi) is 3.08. The Morgan fingerprint density at radius 2 is 1.93 bits per heavy atom. The van der Waals surface area contributed by atoms with E-state index in [1.807, 2.05) is 31.2 Å². The molecular weight excluding hydrogens is 188 g/mol. The first-order chi connectivity index (χ1) is 7.18. The van der Waals surface area contributed by atoms with Crippen molar-refractivity contribution in [2.75, 3.05) is 0 Å². The summed E-state index contributed by atoms with van der Waals surface area (Å²) < 4.78 is 0. The molecule has 0 bridgehead atoms. The highest BCUT2D eigenvalue weighted by Crippen LogP contribution is 2.34. The molecule has 2 N–H and O–H groups in total. The van der Waals surface area contributed by atoms with Crippen LogP contribution in [0, 0.1) is 12.8 Å². The standard InChI is InChI=1S/C13H18O2/c1-9-4-2-3-5-11(9)8-12(14)13(15)10-6-7-10/h2-5,10,12-15H,6-8H2,1H3. The van der Waals surface area contributed by atoms with Crippen LogP contribution in [0.1, 0.15) is 24.0 Å². The fourth-order valence-electron chi connectivity index (χ4n) is 1.94. The predicted molar refractivity (Wildman–Crippen MR) is 59.6 cm³/mol. The van der Waals surface area contributed by atoms with Crippen LogP contribution in [-0.2, 0) is 6.42 Å². The molecule has 0 amide bonds. The van der Waals surface area contributed by atoms with Gasteiger partial charge in [0.05, 0.1) is 12.2 Å². The number of hydrogen-bond donors (Lipinski definition) is 2. The summed E-state index contributed by atoms with van der Waals surface area (Å²) >= 11 is 0. The molecule has 1 saturated carbocycles. The first-order valence-corrected chi connectivity index (χ1v) is 5.59. The summed E-state index contributed by atoms with van der Waals surface area (Å²) in [4.78, 5) is 0. The van der Waals surface area contributed by atoms with Crippen molar-refractivity contribution in [1.29, 1.82) is 0 Å². The van der Waals surface area contributed by atoms with Gasteiger partial charge < -0.3 is 10.2 Å². The van der Waals surface area contributed by atoms with E-state index in [0.29, 0.717) is 12.3 Å². The van der Waals surface area contributed by atoms with Crippen molar-refractivity contribution in [2.24, 2.45) is 5.92 Å². The van der Waals surface area contributed by atoms with E-state index < -0.39 is 12.2 Å². The maximum absolute atomic E-state index is 9.86. The van der Waals surface area contributed by atoms with Gasteiger partial charge in [0.15, 0.2) is 0 Å². The minimum Gasteiger partial charge on any atom is -0.390 e. The minimum absolute atomic E-state index is 0.337. The van der Waals surface area contributed by atoms with E-state index in [-0.39, 0.29) is 0 Å². The van der Waals surface area contributed by atoms with Gasteiger partial charge in [-0.2, -0.15) is 0 Å². The summed E-state index contributed by atoms with van der Waals surface area (Å²) in [7, 11) is 0. The van der Waals surface area contributed by atoms with Crippen molar-refractivity contribution in [1.82, 2.24) is 0 Å². The van der Waals surface area contributed by atoms with Gasteiger partial charge >= 0.3 is 0 Å². The lowest BCUT2D eigenvalue weighted by atomic mass is 9.98. The number of hydrogen-bond acceptors (Lipinski definition) is 2. The van der Waals surface area contributed by atoms with E-state index in [4.69, 9.17) is 0 Å². The highest BCUT2D eigenvalue weighted by molar-refractivity contribution is 5.26. The number of aliphatic hydroxyl groups is 2. The van der Waals surface area contributed by atoms with E-state index >= 15 is 0 Å². The maximum Gasteiger partial charge on any atom is 0.0842 e. The van der Waals surface area contributed by atoms with E-state index in [2.05, 4.69) is 0 Å². The predicted octanol–water partition coefficient (Wildman–Crippen LogP) is 1.67. The molecule has 1 aliphatic rings. The zero-order valence-corrected chi connectivity index (χ0v) is 9.06. The first-order valence-electron chi connectivity index (χ1n) is 5.59. The molecule has 0 saturated heterocycles. The summed E-state index contributed by atoms with van der Waals surface area (Å²) in [6, 6.07) is 8.00. The lowest BCUT2D eigenvalue weighted by molar-refractivity contribution is 0.00666. The highest BCUT2D eigenvalue weighted by atomic mass is 16.3. The summed E-state index contributed by atoms with van der Waals surface area (Å²) in [6.45, 7) is 2.03. The highest BCUT2D eigenvalue weighted by Gasteiger charge is 2.34. The van der Waals surface area contributed by atoms with Crippen LogP contribution in [0.5, 0.6) is 0 Å². The third-order valence-electron chi connectivity index (χ3n) is 3.19. The number of rotatable bonds is 4. The Balaban J connectivity index is 1.98. The second-order valence-corrected chi connectivity index (χ2v) is 4.53. The zero-order chi connectivity index (χ0) is 10.8. The molecule has 1 aromatic carbocycles. The topological polar surface area (TPSA) is 40.5 Å². The van der Waals surface area contributed by atoms with Crippen molar-refractivity contribution in [2.45, 2.75) is 38.4 Å². The fourth-order valence-corrected chi connectivity index (χ4v) is 1.94. The normalized spacial score (nSPS) is 19.9. The molecule has 2 unspecified atom stereocenters. The van der Waals surface area contributed by atoms with Gasteiger partial charge in [0, 0.05) is 6.42 Å². The molecule has 1 aliphatic carbocycles. The van der Waals surface area contributed by atoms with Gasteiger partial charge in [-0.05, 0) is 36.8 Å². The fraction of sp³-hybridized carbons (Fsp3) is 0.538. The lowest BCUT2D eigenvalue weighted by Crippen LogP contribution is -2.29. The third kappa shape index (κ3) is 2.58. The van der Waals surface area contributed by atoms with Crippen LogP contribution in [0.15, 0.2) is 24.3 Å². The molecule has 2 nitrogen and oxygen atoms in total. The first kappa shape index (κ1) is 10.7. The molecule has 0 heterocycles. The molecular formula is C13H18O2. The van der Waals surface area contributed by atoms with Gasteiger partial charge in [-0.25, -0.2) is 0 Å². The molecule has 15 heavy (non-hydrogen) atoms. The van der Waals surface area contributed by atoms with Gasteiger partial charge in [0.1, 0.15) is 0 Å². The molecule has 2 rings (SSSR count). The SMILES string of the molecule is Cc1ccccc1CC(O)C(O)C1CC1. The minimum atomic E-state index is -0.612. The van der Waals surface area contributed by atoms with Crippen LogP contribution in [0.4, 0.5) is 0 Å². The van der Waals surface area contributed by atoms with Gasteiger partial charge in [-0.3, -0.25) is 0 Å². The van der Waals surface area contributed by atoms with Crippen LogP contribution in [0.2, 0.25) is 0 Å². The number of aliphatic hydroxyl groups excluding tert-OH is 2. The van der Waals surface area contributed by atoms with Crippen LogP contribution >= 0.6 is 0 Å². The molecule has 0 radical (unpaired) electrons. The van der Waals surface area contributed by atoms with Crippen LogP contribution in [-0.4, -0.2) is 22.4 Å². The molecule has 2 atom stereocenters. The summed E-state index contributed by atoms with van der Waals surface area (Å²) in [6.07, 6.45) is 1.53. The Morgan fingerprint density at radius 3 is 2.53 bits per heavy atom. The van der Waals surface area contributed by atoms with Crippen molar-refractivity contribution >= 4 is 0 Å². The molecule has 1 fully saturated rings. The Morgan fingerprint density at radius 1 is 1.27 bits per heavy atom. The van der Waals surface area contributed by atoms with Crippen molar-refractivity contribution in [3.05, 3.63) is 35.4 Å². The lowest BCUT2D eigenvalue weighted by Gasteiger charge is -2.18. The monoisotopic (exact) mass is 206 g/mol. The van der Waals surface area contributed by atoms with E-state index in [9.17, 15) is 10.2 Å². The van der Waals surface area contributed by atoms with Crippen LogP contribution in [0.25, 0.3) is 0 Å². The molecule has 82 valence electrons.